The summed E-state index contributed by atoms with van der Waals surface area (Å²) < 4.78 is 5.18. The van der Waals surface area contributed by atoms with Crippen molar-refractivity contribution in [1.29, 1.82) is 0 Å². The van der Waals surface area contributed by atoms with E-state index in [1.807, 2.05) is 24.3 Å². The molecule has 0 fully saturated rings. The number of para-hydroxylation sites is 1. The Morgan fingerprint density at radius 2 is 2.00 bits per heavy atom. The number of nitro benzene ring substituents is 1. The predicted molar refractivity (Wildman–Crippen MR) is 95.5 cm³/mol. The molecular formula is C18H15ClN2O5. The maximum atomic E-state index is 12.6. The number of nitrogens with zero attached hydrogens (tertiary/aromatic N) is 2. The first-order valence-electron chi connectivity index (χ1n) is 7.92. The van der Waals surface area contributed by atoms with Crippen LogP contribution in [0.25, 0.3) is 0 Å². The van der Waals surface area contributed by atoms with Gasteiger partial charge in [-0.2, -0.15) is 0 Å². The molecule has 1 aliphatic rings. The van der Waals surface area contributed by atoms with E-state index in [1.54, 1.807) is 4.90 Å². The molecule has 3 rings (SSSR count). The van der Waals surface area contributed by atoms with Gasteiger partial charge in [-0.25, -0.2) is 4.79 Å². The number of anilines is 1. The summed E-state index contributed by atoms with van der Waals surface area (Å²) in [5.74, 6) is -1.35. The minimum absolute atomic E-state index is 0.162. The normalized spacial score (nSPS) is 13.8. The van der Waals surface area contributed by atoms with E-state index in [4.69, 9.17) is 16.3 Å². The van der Waals surface area contributed by atoms with E-state index >= 15 is 0 Å². The number of rotatable bonds is 4. The van der Waals surface area contributed by atoms with Crippen molar-refractivity contribution in [2.24, 2.45) is 0 Å². The zero-order valence-electron chi connectivity index (χ0n) is 13.8. The van der Waals surface area contributed by atoms with Gasteiger partial charge in [0.15, 0.2) is 6.10 Å². The van der Waals surface area contributed by atoms with E-state index in [0.717, 1.165) is 29.8 Å². The van der Waals surface area contributed by atoms with Gasteiger partial charge in [0.05, 0.1) is 4.92 Å². The van der Waals surface area contributed by atoms with Crippen molar-refractivity contribution in [1.82, 2.24) is 0 Å². The van der Waals surface area contributed by atoms with E-state index in [2.05, 4.69) is 0 Å². The number of nitro groups is 1. The number of fused-ring (bicyclic) bond motifs is 1. The third kappa shape index (κ3) is 3.39. The molecule has 1 unspecified atom stereocenters. The summed E-state index contributed by atoms with van der Waals surface area (Å²) >= 11 is 5.82. The molecule has 0 aromatic heterocycles. The van der Waals surface area contributed by atoms with Crippen molar-refractivity contribution >= 4 is 34.9 Å². The highest BCUT2D eigenvalue weighted by atomic mass is 35.5. The highest BCUT2D eigenvalue weighted by Gasteiger charge is 2.31. The van der Waals surface area contributed by atoms with Gasteiger partial charge < -0.3 is 9.64 Å². The van der Waals surface area contributed by atoms with Gasteiger partial charge in [-0.15, -0.1) is 0 Å². The lowest BCUT2D eigenvalue weighted by Gasteiger charge is -2.21. The van der Waals surface area contributed by atoms with Crippen LogP contribution in [-0.4, -0.2) is 29.4 Å². The molecule has 0 bridgehead atoms. The maximum Gasteiger partial charge on any atom is 0.345 e. The Labute approximate surface area is 154 Å². The van der Waals surface area contributed by atoms with Crippen molar-refractivity contribution in [3.63, 3.8) is 0 Å². The van der Waals surface area contributed by atoms with Gasteiger partial charge in [0, 0.05) is 23.3 Å². The second kappa shape index (κ2) is 7.13. The lowest BCUT2D eigenvalue weighted by Crippen LogP contribution is -2.39. The fraction of sp³-hybridized carbons (Fsp3) is 0.222. The standard InChI is InChI=1S/C18H15ClN2O5/c1-11(17(22)20-9-8-12-4-2-3-5-15(12)20)26-18(23)14-10-13(19)6-7-16(14)21(24)25/h2-7,10-11H,8-9H2,1H3. The Morgan fingerprint density at radius 3 is 2.73 bits per heavy atom. The molecule has 0 saturated heterocycles. The van der Waals surface area contributed by atoms with E-state index in [0.29, 0.717) is 6.54 Å². The first-order valence-corrected chi connectivity index (χ1v) is 8.30. The smallest absolute Gasteiger partial charge is 0.345 e. The summed E-state index contributed by atoms with van der Waals surface area (Å²) in [7, 11) is 0. The van der Waals surface area contributed by atoms with Crippen molar-refractivity contribution in [2.45, 2.75) is 19.4 Å². The minimum atomic E-state index is -1.09. The van der Waals surface area contributed by atoms with Gasteiger partial charge in [-0.05, 0) is 37.1 Å². The van der Waals surface area contributed by atoms with Crippen LogP contribution in [0.5, 0.6) is 0 Å². The van der Waals surface area contributed by atoms with Gasteiger partial charge in [-0.1, -0.05) is 29.8 Å². The lowest BCUT2D eigenvalue weighted by atomic mass is 10.2. The summed E-state index contributed by atoms with van der Waals surface area (Å²) in [5.41, 5.74) is 1.12. The average Bonchev–Trinajstić information content (AvgIpc) is 3.04. The average molecular weight is 375 g/mol. The predicted octanol–water partition coefficient (Wildman–Crippen LogP) is 3.38. The lowest BCUT2D eigenvalue weighted by molar-refractivity contribution is -0.385. The Hall–Kier alpha value is -2.93. The van der Waals surface area contributed by atoms with Crippen LogP contribution in [0.3, 0.4) is 0 Å². The van der Waals surface area contributed by atoms with Gasteiger partial charge in [0.1, 0.15) is 5.56 Å². The molecule has 0 radical (unpaired) electrons. The molecule has 2 aromatic carbocycles. The van der Waals surface area contributed by atoms with Crippen LogP contribution in [0.2, 0.25) is 5.02 Å². The highest BCUT2D eigenvalue weighted by Crippen LogP contribution is 2.29. The number of amides is 1. The van der Waals surface area contributed by atoms with Crippen molar-refractivity contribution in [3.05, 3.63) is 68.7 Å². The molecule has 8 heteroatoms. The zero-order chi connectivity index (χ0) is 18.8. The van der Waals surface area contributed by atoms with Crippen LogP contribution in [0.1, 0.15) is 22.8 Å². The third-order valence-corrected chi connectivity index (χ3v) is 4.40. The van der Waals surface area contributed by atoms with Crippen LogP contribution in [0.15, 0.2) is 42.5 Å². The quantitative estimate of drug-likeness (QED) is 0.465. The number of carbonyl (C=O) groups excluding carboxylic acids is 2. The van der Waals surface area contributed by atoms with Crippen molar-refractivity contribution < 1.29 is 19.2 Å². The van der Waals surface area contributed by atoms with Gasteiger partial charge in [0.25, 0.3) is 11.6 Å². The fourth-order valence-electron chi connectivity index (χ4n) is 2.89. The van der Waals surface area contributed by atoms with Crippen LogP contribution in [0.4, 0.5) is 11.4 Å². The largest absolute Gasteiger partial charge is 0.449 e. The monoisotopic (exact) mass is 374 g/mol. The molecule has 26 heavy (non-hydrogen) atoms. The summed E-state index contributed by atoms with van der Waals surface area (Å²) in [6.07, 6.45) is -0.366. The molecule has 0 N–H and O–H groups in total. The molecule has 0 spiro atoms. The number of benzene rings is 2. The molecule has 1 aliphatic heterocycles. The summed E-state index contributed by atoms with van der Waals surface area (Å²) in [6.45, 7) is 1.94. The Balaban J connectivity index is 1.77. The molecule has 0 aliphatic carbocycles. The molecule has 134 valence electrons. The van der Waals surface area contributed by atoms with E-state index in [9.17, 15) is 19.7 Å². The van der Waals surface area contributed by atoms with Crippen LogP contribution < -0.4 is 4.90 Å². The highest BCUT2D eigenvalue weighted by molar-refractivity contribution is 6.31. The van der Waals surface area contributed by atoms with Crippen LogP contribution in [0, 0.1) is 10.1 Å². The number of hydrogen-bond acceptors (Lipinski definition) is 5. The number of carbonyl (C=O) groups is 2. The second-order valence-corrected chi connectivity index (χ2v) is 6.27. The molecule has 1 atom stereocenters. The van der Waals surface area contributed by atoms with Crippen LogP contribution in [-0.2, 0) is 16.0 Å². The van der Waals surface area contributed by atoms with Gasteiger partial charge in [0.2, 0.25) is 0 Å². The van der Waals surface area contributed by atoms with Gasteiger partial charge in [-0.3, -0.25) is 14.9 Å². The minimum Gasteiger partial charge on any atom is -0.449 e. The molecule has 0 saturated carbocycles. The molecule has 1 amide bonds. The number of halogens is 1. The molecule has 7 nitrogen and oxygen atoms in total. The topological polar surface area (TPSA) is 89.7 Å². The fourth-order valence-corrected chi connectivity index (χ4v) is 3.06. The molecule has 2 aromatic rings. The van der Waals surface area contributed by atoms with E-state index < -0.39 is 22.7 Å². The SMILES string of the molecule is CC(OC(=O)c1cc(Cl)ccc1[N+](=O)[O-])C(=O)N1CCc2ccccc21. The molecule has 1 heterocycles. The summed E-state index contributed by atoms with van der Waals surface area (Å²) in [4.78, 5) is 36.9. The molecular weight excluding hydrogens is 360 g/mol. The maximum absolute atomic E-state index is 12.6. The first kappa shape index (κ1) is 17.9. The van der Waals surface area contributed by atoms with E-state index in [-0.39, 0.29) is 16.5 Å². The van der Waals surface area contributed by atoms with Crippen molar-refractivity contribution in [3.8, 4) is 0 Å². The van der Waals surface area contributed by atoms with Gasteiger partial charge >= 0.3 is 5.97 Å². The third-order valence-electron chi connectivity index (χ3n) is 4.16. The summed E-state index contributed by atoms with van der Waals surface area (Å²) in [6, 6.07) is 11.1. The Bertz CT molecular complexity index is 899. The number of esters is 1. The Kier molecular flexibility index (Phi) is 4.90. The van der Waals surface area contributed by atoms with Crippen molar-refractivity contribution in [2.75, 3.05) is 11.4 Å². The second-order valence-electron chi connectivity index (χ2n) is 5.83. The van der Waals surface area contributed by atoms with E-state index in [1.165, 1.54) is 13.0 Å². The Morgan fingerprint density at radius 1 is 1.27 bits per heavy atom. The first-order chi connectivity index (χ1) is 12.4. The summed E-state index contributed by atoms with van der Waals surface area (Å²) in [5, 5.41) is 11.2. The number of hydrogen-bond donors (Lipinski definition) is 0. The van der Waals surface area contributed by atoms with Crippen LogP contribution >= 0.6 is 11.6 Å². The zero-order valence-corrected chi connectivity index (χ0v) is 14.6. The number of ether oxygens (including phenoxy) is 1.